The van der Waals surface area contributed by atoms with E-state index in [1.165, 1.54) is 11.1 Å². The zero-order valence-electron chi connectivity index (χ0n) is 16.6. The van der Waals surface area contributed by atoms with E-state index >= 15 is 0 Å². The Morgan fingerprint density at radius 2 is 1.79 bits per heavy atom. The van der Waals surface area contributed by atoms with E-state index in [1.807, 2.05) is 54.4 Å². The first-order valence-electron chi connectivity index (χ1n) is 9.71. The average Bonchev–Trinajstić information content (AvgIpc) is 2.74. The van der Waals surface area contributed by atoms with Crippen molar-refractivity contribution in [1.82, 2.24) is 10.2 Å². The van der Waals surface area contributed by atoms with Crippen LogP contribution in [0.15, 0.2) is 60.7 Å². The van der Waals surface area contributed by atoms with E-state index in [-0.39, 0.29) is 11.8 Å². The summed E-state index contributed by atoms with van der Waals surface area (Å²) >= 11 is 0. The van der Waals surface area contributed by atoms with Crippen LogP contribution in [0.3, 0.4) is 0 Å². The Bertz CT molecular complexity index is 844. The highest BCUT2D eigenvalue weighted by Crippen LogP contribution is 2.21. The van der Waals surface area contributed by atoms with Crippen LogP contribution in [0.5, 0.6) is 0 Å². The van der Waals surface area contributed by atoms with Gasteiger partial charge in [0.1, 0.15) is 6.54 Å². The van der Waals surface area contributed by atoms with Crippen molar-refractivity contribution in [2.75, 3.05) is 33.7 Å². The number of benzene rings is 2. The molecule has 28 heavy (non-hydrogen) atoms. The van der Waals surface area contributed by atoms with Crippen molar-refractivity contribution < 1.29 is 14.5 Å². The molecule has 0 spiro atoms. The number of quaternary nitrogens is 1. The highest BCUT2D eigenvalue weighted by molar-refractivity contribution is 5.93. The number of hydrogen-bond donors (Lipinski definition) is 2. The molecule has 2 amide bonds. The summed E-state index contributed by atoms with van der Waals surface area (Å²) in [6.07, 6.45) is 3.07. The Morgan fingerprint density at radius 1 is 1.07 bits per heavy atom. The minimum Gasteiger partial charge on any atom is -0.355 e. The number of nitrogens with zero attached hydrogens (tertiary/aromatic N) is 1. The summed E-state index contributed by atoms with van der Waals surface area (Å²) < 4.78 is 0. The SMILES string of the molecule is CNC(=O)c1ccc(C[NH+](C)CC(=O)N2CC=C(c3ccccc3)CC2)cc1. The molecule has 0 radical (unpaired) electrons. The number of hydrogen-bond acceptors (Lipinski definition) is 2. The number of nitrogens with one attached hydrogen (secondary N) is 2. The van der Waals surface area contributed by atoms with Gasteiger partial charge in [-0.1, -0.05) is 48.5 Å². The fourth-order valence-corrected chi connectivity index (χ4v) is 3.51. The molecule has 0 bridgehead atoms. The molecule has 1 atom stereocenters. The monoisotopic (exact) mass is 378 g/mol. The number of carbonyl (C=O) groups is 2. The van der Waals surface area contributed by atoms with Crippen molar-refractivity contribution in [2.24, 2.45) is 0 Å². The predicted molar refractivity (Wildman–Crippen MR) is 111 cm³/mol. The van der Waals surface area contributed by atoms with Gasteiger partial charge in [0.25, 0.3) is 11.8 Å². The molecule has 0 aliphatic carbocycles. The lowest BCUT2D eigenvalue weighted by molar-refractivity contribution is -0.885. The maximum absolute atomic E-state index is 12.6. The van der Waals surface area contributed by atoms with Crippen LogP contribution in [-0.2, 0) is 11.3 Å². The number of likely N-dealkylation sites (N-methyl/N-ethyl adjacent to an activating group) is 1. The van der Waals surface area contributed by atoms with Crippen LogP contribution >= 0.6 is 0 Å². The fraction of sp³-hybridized carbons (Fsp3) is 0.304. The Kier molecular flexibility index (Phi) is 6.61. The van der Waals surface area contributed by atoms with Gasteiger partial charge in [0, 0.05) is 31.3 Å². The summed E-state index contributed by atoms with van der Waals surface area (Å²) in [6, 6.07) is 17.9. The van der Waals surface area contributed by atoms with E-state index in [0.717, 1.165) is 30.0 Å². The van der Waals surface area contributed by atoms with Crippen LogP contribution in [-0.4, -0.2) is 50.4 Å². The third kappa shape index (κ3) is 5.08. The Labute approximate surface area is 166 Å². The molecule has 5 heteroatoms. The highest BCUT2D eigenvalue weighted by atomic mass is 16.2. The fourth-order valence-electron chi connectivity index (χ4n) is 3.51. The van der Waals surface area contributed by atoms with Crippen molar-refractivity contribution >= 4 is 17.4 Å². The maximum atomic E-state index is 12.6. The van der Waals surface area contributed by atoms with Gasteiger partial charge in [-0.05, 0) is 29.7 Å². The lowest BCUT2D eigenvalue weighted by atomic mass is 9.99. The third-order valence-electron chi connectivity index (χ3n) is 5.11. The molecule has 0 aromatic heterocycles. The molecule has 1 aliphatic rings. The average molecular weight is 378 g/mol. The molecule has 1 heterocycles. The third-order valence-corrected chi connectivity index (χ3v) is 5.11. The summed E-state index contributed by atoms with van der Waals surface area (Å²) in [6.45, 7) is 2.66. The number of amides is 2. The molecular weight excluding hydrogens is 350 g/mol. The van der Waals surface area contributed by atoms with Crippen molar-refractivity contribution in [3.05, 3.63) is 77.4 Å². The van der Waals surface area contributed by atoms with E-state index in [9.17, 15) is 9.59 Å². The predicted octanol–water partition coefficient (Wildman–Crippen LogP) is 1.38. The van der Waals surface area contributed by atoms with Gasteiger partial charge in [-0.15, -0.1) is 0 Å². The normalized spacial score (nSPS) is 14.9. The van der Waals surface area contributed by atoms with Gasteiger partial charge in [0.2, 0.25) is 0 Å². The van der Waals surface area contributed by atoms with E-state index in [1.54, 1.807) is 7.05 Å². The summed E-state index contributed by atoms with van der Waals surface area (Å²) in [7, 11) is 3.65. The Morgan fingerprint density at radius 3 is 2.39 bits per heavy atom. The summed E-state index contributed by atoms with van der Waals surface area (Å²) in [5, 5.41) is 2.62. The molecule has 2 aromatic rings. The van der Waals surface area contributed by atoms with Gasteiger partial charge >= 0.3 is 0 Å². The van der Waals surface area contributed by atoms with Crippen molar-refractivity contribution in [3.8, 4) is 0 Å². The van der Waals surface area contributed by atoms with Crippen molar-refractivity contribution in [1.29, 1.82) is 0 Å². The Balaban J connectivity index is 1.51. The molecule has 1 unspecified atom stereocenters. The Hall–Kier alpha value is -2.92. The second kappa shape index (κ2) is 9.33. The lowest BCUT2D eigenvalue weighted by Crippen LogP contribution is -3.08. The molecule has 2 N–H and O–H groups in total. The zero-order valence-corrected chi connectivity index (χ0v) is 16.6. The lowest BCUT2D eigenvalue weighted by Gasteiger charge is -2.27. The molecule has 0 saturated carbocycles. The van der Waals surface area contributed by atoms with Gasteiger partial charge in [-0.3, -0.25) is 9.59 Å². The maximum Gasteiger partial charge on any atom is 0.278 e. The van der Waals surface area contributed by atoms with Crippen LogP contribution in [0.1, 0.15) is 27.9 Å². The van der Waals surface area contributed by atoms with Crippen LogP contribution in [0.2, 0.25) is 0 Å². The van der Waals surface area contributed by atoms with Crippen molar-refractivity contribution in [2.45, 2.75) is 13.0 Å². The number of rotatable bonds is 6. The van der Waals surface area contributed by atoms with Crippen LogP contribution in [0.25, 0.3) is 5.57 Å². The minimum absolute atomic E-state index is 0.0875. The topological polar surface area (TPSA) is 53.9 Å². The summed E-state index contributed by atoms with van der Waals surface area (Å²) in [4.78, 5) is 27.3. The van der Waals surface area contributed by atoms with Crippen LogP contribution in [0, 0.1) is 0 Å². The van der Waals surface area contributed by atoms with E-state index in [2.05, 4.69) is 23.5 Å². The molecule has 0 saturated heterocycles. The van der Waals surface area contributed by atoms with Crippen LogP contribution < -0.4 is 10.2 Å². The summed E-state index contributed by atoms with van der Waals surface area (Å²) in [5.41, 5.74) is 4.33. The van der Waals surface area contributed by atoms with Gasteiger partial charge in [-0.2, -0.15) is 0 Å². The first kappa shape index (κ1) is 19.8. The molecule has 146 valence electrons. The molecular formula is C23H28N3O2+. The van der Waals surface area contributed by atoms with E-state index in [0.29, 0.717) is 18.7 Å². The smallest absolute Gasteiger partial charge is 0.278 e. The zero-order chi connectivity index (χ0) is 19.9. The molecule has 1 aliphatic heterocycles. The molecule has 0 fully saturated rings. The van der Waals surface area contributed by atoms with Gasteiger partial charge in [0.05, 0.1) is 7.05 Å². The van der Waals surface area contributed by atoms with Crippen LogP contribution in [0.4, 0.5) is 0 Å². The van der Waals surface area contributed by atoms with E-state index in [4.69, 9.17) is 0 Å². The second-order valence-corrected chi connectivity index (χ2v) is 7.27. The van der Waals surface area contributed by atoms with E-state index < -0.39 is 0 Å². The largest absolute Gasteiger partial charge is 0.355 e. The standard InChI is InChI=1S/C23H27N3O2/c1-24-23(28)21-10-8-18(9-11-21)16-25(2)17-22(27)26-14-12-20(13-15-26)19-6-4-3-5-7-19/h3-12H,13-17H2,1-2H3,(H,24,28)/p+1. The summed E-state index contributed by atoms with van der Waals surface area (Å²) in [5.74, 6) is 0.0956. The van der Waals surface area contributed by atoms with Crippen molar-refractivity contribution in [3.63, 3.8) is 0 Å². The second-order valence-electron chi connectivity index (χ2n) is 7.27. The highest BCUT2D eigenvalue weighted by Gasteiger charge is 2.21. The first-order chi connectivity index (χ1) is 13.6. The van der Waals surface area contributed by atoms with Gasteiger partial charge in [0.15, 0.2) is 6.54 Å². The van der Waals surface area contributed by atoms with Gasteiger partial charge in [-0.25, -0.2) is 0 Å². The molecule has 3 rings (SSSR count). The molecule has 2 aromatic carbocycles. The first-order valence-corrected chi connectivity index (χ1v) is 9.71. The minimum atomic E-state index is -0.0875. The number of carbonyl (C=O) groups excluding carboxylic acids is 2. The quantitative estimate of drug-likeness (QED) is 0.798. The van der Waals surface area contributed by atoms with Gasteiger partial charge < -0.3 is 15.1 Å². The molecule has 5 nitrogen and oxygen atoms in total.